The summed E-state index contributed by atoms with van der Waals surface area (Å²) in [6, 6.07) is 6.28. The second-order valence-electron chi connectivity index (χ2n) is 6.71. The quantitative estimate of drug-likeness (QED) is 0.452. The molecule has 9 heteroatoms. The smallest absolute Gasteiger partial charge is 0.319 e. The van der Waals surface area contributed by atoms with Crippen molar-refractivity contribution in [2.45, 2.75) is 46.3 Å². The number of hydrogen-bond acceptors (Lipinski definition) is 4. The van der Waals surface area contributed by atoms with E-state index in [-0.39, 0.29) is 48.8 Å². The number of carbonyl (C=O) groups excluding carboxylic acids is 3. The minimum Gasteiger partial charge on any atom is -0.350 e. The van der Waals surface area contributed by atoms with Crippen LogP contribution in [-0.4, -0.2) is 36.5 Å². The van der Waals surface area contributed by atoms with Crippen molar-refractivity contribution in [2.24, 2.45) is 11.7 Å². The van der Waals surface area contributed by atoms with Gasteiger partial charge in [-0.2, -0.15) is 0 Å². The number of amides is 4. The van der Waals surface area contributed by atoms with Crippen LogP contribution in [0.25, 0.3) is 0 Å². The molecule has 0 radical (unpaired) electrons. The number of anilines is 1. The van der Waals surface area contributed by atoms with Gasteiger partial charge in [-0.15, -0.1) is 12.4 Å². The molecule has 8 nitrogen and oxygen atoms in total. The van der Waals surface area contributed by atoms with E-state index in [4.69, 9.17) is 5.73 Å². The van der Waals surface area contributed by atoms with Crippen LogP contribution >= 0.6 is 12.4 Å². The number of urea groups is 1. The fourth-order valence-electron chi connectivity index (χ4n) is 1.99. The predicted octanol–water partition coefficient (Wildman–Crippen LogP) is 1.35. The van der Waals surface area contributed by atoms with Gasteiger partial charge >= 0.3 is 6.03 Å². The van der Waals surface area contributed by atoms with Gasteiger partial charge in [-0.05, 0) is 37.5 Å². The zero-order valence-electron chi connectivity index (χ0n) is 16.2. The lowest BCUT2D eigenvalue weighted by Gasteiger charge is -2.15. The van der Waals surface area contributed by atoms with Crippen molar-refractivity contribution in [3.8, 4) is 0 Å². The summed E-state index contributed by atoms with van der Waals surface area (Å²) in [4.78, 5) is 35.1. The third-order valence-corrected chi connectivity index (χ3v) is 3.57. The van der Waals surface area contributed by atoms with Crippen molar-refractivity contribution in [2.75, 3.05) is 11.9 Å². The highest BCUT2D eigenvalue weighted by Crippen LogP contribution is 2.09. The first-order valence-electron chi connectivity index (χ1n) is 8.65. The van der Waals surface area contributed by atoms with E-state index in [0.29, 0.717) is 12.2 Å². The van der Waals surface area contributed by atoms with Crippen molar-refractivity contribution >= 4 is 35.9 Å². The van der Waals surface area contributed by atoms with Gasteiger partial charge in [0.05, 0.1) is 12.6 Å². The summed E-state index contributed by atoms with van der Waals surface area (Å²) >= 11 is 0. The number of rotatable bonds is 8. The maximum absolute atomic E-state index is 11.8. The summed E-state index contributed by atoms with van der Waals surface area (Å²) in [6.07, 6.45) is 0. The number of nitrogens with one attached hydrogen (secondary N) is 4. The van der Waals surface area contributed by atoms with Gasteiger partial charge in [0.15, 0.2) is 0 Å². The molecule has 1 rings (SSSR count). The summed E-state index contributed by atoms with van der Waals surface area (Å²) in [5, 5.41) is 10.7. The first kappa shape index (κ1) is 24.7. The molecule has 0 aromatic heterocycles. The molecule has 0 bridgehead atoms. The second-order valence-corrected chi connectivity index (χ2v) is 6.71. The highest BCUT2D eigenvalue weighted by molar-refractivity contribution is 5.89. The van der Waals surface area contributed by atoms with Crippen LogP contribution in [0.5, 0.6) is 0 Å². The summed E-state index contributed by atoms with van der Waals surface area (Å²) in [5.74, 6) is -0.633. The van der Waals surface area contributed by atoms with E-state index in [9.17, 15) is 14.4 Å². The van der Waals surface area contributed by atoms with Gasteiger partial charge in [-0.25, -0.2) is 4.79 Å². The maximum atomic E-state index is 11.8. The minimum atomic E-state index is -0.629. The number of carbonyl (C=O) groups is 3. The molecule has 27 heavy (non-hydrogen) atoms. The SMILES string of the molecule is CC(C)NC(=O)Nc1ccc(CNC(=O)CNC(=O)[C@@H](N)C(C)C)cc1.Cl. The lowest BCUT2D eigenvalue weighted by Crippen LogP contribution is -2.47. The van der Waals surface area contributed by atoms with Crippen LogP contribution in [0, 0.1) is 5.92 Å². The lowest BCUT2D eigenvalue weighted by atomic mass is 10.1. The van der Waals surface area contributed by atoms with E-state index < -0.39 is 6.04 Å². The maximum Gasteiger partial charge on any atom is 0.319 e. The summed E-state index contributed by atoms with van der Waals surface area (Å²) in [6.45, 7) is 7.65. The highest BCUT2D eigenvalue weighted by atomic mass is 35.5. The fraction of sp³-hybridized carbons (Fsp3) is 0.500. The van der Waals surface area contributed by atoms with Crippen molar-refractivity contribution in [1.82, 2.24) is 16.0 Å². The van der Waals surface area contributed by atoms with Crippen LogP contribution in [0.2, 0.25) is 0 Å². The van der Waals surface area contributed by atoms with E-state index in [1.807, 2.05) is 27.7 Å². The summed E-state index contributed by atoms with van der Waals surface area (Å²) in [7, 11) is 0. The Morgan fingerprint density at radius 3 is 2.11 bits per heavy atom. The van der Waals surface area contributed by atoms with Gasteiger partial charge in [0, 0.05) is 18.3 Å². The first-order chi connectivity index (χ1) is 12.2. The van der Waals surface area contributed by atoms with E-state index in [2.05, 4.69) is 21.3 Å². The Kier molecular flexibility index (Phi) is 11.1. The van der Waals surface area contributed by atoms with Gasteiger partial charge in [0.25, 0.3) is 0 Å². The van der Waals surface area contributed by atoms with E-state index >= 15 is 0 Å². The van der Waals surface area contributed by atoms with Crippen molar-refractivity contribution in [1.29, 1.82) is 0 Å². The Morgan fingerprint density at radius 2 is 1.59 bits per heavy atom. The molecule has 1 aromatic carbocycles. The van der Waals surface area contributed by atoms with E-state index in [0.717, 1.165) is 5.56 Å². The van der Waals surface area contributed by atoms with Gasteiger partial charge < -0.3 is 27.0 Å². The molecule has 1 atom stereocenters. The Labute approximate surface area is 166 Å². The summed E-state index contributed by atoms with van der Waals surface area (Å²) < 4.78 is 0. The van der Waals surface area contributed by atoms with Crippen LogP contribution in [-0.2, 0) is 16.1 Å². The first-order valence-corrected chi connectivity index (χ1v) is 8.65. The third kappa shape index (κ3) is 9.81. The molecule has 0 spiro atoms. The molecule has 0 saturated heterocycles. The van der Waals surface area contributed by atoms with Crippen LogP contribution in [0.4, 0.5) is 10.5 Å². The number of hydrogen-bond donors (Lipinski definition) is 5. The molecule has 0 saturated carbocycles. The standard InChI is InChI=1S/C18H29N5O3.ClH/c1-11(2)16(19)17(25)21-10-15(24)20-9-13-5-7-14(8-6-13)23-18(26)22-12(3)4;/h5-8,11-12,16H,9-10,19H2,1-4H3,(H,20,24)(H,21,25)(H2,22,23,26);1H/t16-;/m0./s1. The van der Waals surface area contributed by atoms with Crippen molar-refractivity contribution < 1.29 is 14.4 Å². The zero-order valence-corrected chi connectivity index (χ0v) is 17.0. The third-order valence-electron chi connectivity index (χ3n) is 3.57. The largest absolute Gasteiger partial charge is 0.350 e. The number of nitrogens with two attached hydrogens (primary N) is 1. The van der Waals surface area contributed by atoms with Gasteiger partial charge in [0.2, 0.25) is 11.8 Å². The molecule has 0 aliphatic rings. The van der Waals surface area contributed by atoms with Crippen LogP contribution in [0.15, 0.2) is 24.3 Å². The normalized spacial score (nSPS) is 11.4. The Balaban J connectivity index is 0.00000676. The summed E-state index contributed by atoms with van der Waals surface area (Å²) in [5.41, 5.74) is 7.24. The Hall–Kier alpha value is -2.32. The number of benzene rings is 1. The fourth-order valence-corrected chi connectivity index (χ4v) is 1.99. The van der Waals surface area contributed by atoms with Gasteiger partial charge in [-0.3, -0.25) is 9.59 Å². The average Bonchev–Trinajstić information content (AvgIpc) is 2.57. The van der Waals surface area contributed by atoms with Gasteiger partial charge in [-0.1, -0.05) is 26.0 Å². The molecule has 1 aromatic rings. The molecule has 0 heterocycles. The molecule has 0 fully saturated rings. The molecule has 152 valence electrons. The average molecular weight is 400 g/mol. The number of halogens is 1. The lowest BCUT2D eigenvalue weighted by molar-refractivity contribution is -0.127. The molecule has 0 aliphatic heterocycles. The monoisotopic (exact) mass is 399 g/mol. The predicted molar refractivity (Wildman–Crippen MR) is 109 cm³/mol. The Morgan fingerprint density at radius 1 is 1.00 bits per heavy atom. The second kappa shape index (κ2) is 12.1. The van der Waals surface area contributed by atoms with Crippen LogP contribution in [0.1, 0.15) is 33.3 Å². The van der Waals surface area contributed by atoms with E-state index in [1.165, 1.54) is 0 Å². The zero-order chi connectivity index (χ0) is 19.7. The molecular formula is C18H30ClN5O3. The molecular weight excluding hydrogens is 370 g/mol. The topological polar surface area (TPSA) is 125 Å². The van der Waals surface area contributed by atoms with Crippen molar-refractivity contribution in [3.63, 3.8) is 0 Å². The van der Waals surface area contributed by atoms with Crippen LogP contribution in [0.3, 0.4) is 0 Å². The Bertz CT molecular complexity index is 620. The molecule has 6 N–H and O–H groups in total. The molecule has 0 aliphatic carbocycles. The molecule has 4 amide bonds. The highest BCUT2D eigenvalue weighted by Gasteiger charge is 2.17. The minimum absolute atomic E-state index is 0. The van der Waals surface area contributed by atoms with E-state index in [1.54, 1.807) is 24.3 Å². The molecule has 0 unspecified atom stereocenters. The van der Waals surface area contributed by atoms with Crippen LogP contribution < -0.4 is 27.0 Å². The van der Waals surface area contributed by atoms with Gasteiger partial charge in [0.1, 0.15) is 0 Å². The van der Waals surface area contributed by atoms with Crippen molar-refractivity contribution in [3.05, 3.63) is 29.8 Å².